The highest BCUT2D eigenvalue weighted by Gasteiger charge is 2.15. The fourth-order valence-electron chi connectivity index (χ4n) is 1.74. The van der Waals surface area contributed by atoms with E-state index in [2.05, 4.69) is 5.73 Å². The molecule has 1 aliphatic rings. The second kappa shape index (κ2) is 6.56. The summed E-state index contributed by atoms with van der Waals surface area (Å²) in [5.41, 5.74) is 7.59. The maximum Gasteiger partial charge on any atom is 0.368 e. The minimum atomic E-state index is -1.22. The average molecular weight is 309 g/mol. The summed E-state index contributed by atoms with van der Waals surface area (Å²) in [6.45, 7) is 0.291. The van der Waals surface area contributed by atoms with Gasteiger partial charge < -0.3 is 10.5 Å². The zero-order valence-electron chi connectivity index (χ0n) is 10.9. The highest BCUT2D eigenvalue weighted by atomic mass is 35.5. The van der Waals surface area contributed by atoms with Crippen LogP contribution in [0.5, 0.6) is 5.75 Å². The van der Waals surface area contributed by atoms with Crippen LogP contribution in [0.1, 0.15) is 5.56 Å². The molecule has 1 radical (unpaired) electrons. The summed E-state index contributed by atoms with van der Waals surface area (Å²) in [6, 6.07) is 10.7. The first-order chi connectivity index (χ1) is 10.0. The van der Waals surface area contributed by atoms with Crippen molar-refractivity contribution < 1.29 is 19.0 Å². The number of ether oxygens (including phenoxy) is 1. The predicted molar refractivity (Wildman–Crippen MR) is 75.9 cm³/mol. The molecule has 0 saturated heterocycles. The molecular formula is C15H12ClFNO3. The average Bonchev–Trinajstić information content (AvgIpc) is 2.44. The fourth-order valence-corrected chi connectivity index (χ4v) is 1.92. The minimum Gasteiger partial charge on any atom is -0.488 e. The van der Waals surface area contributed by atoms with E-state index in [9.17, 15) is 4.39 Å². The largest absolute Gasteiger partial charge is 0.488 e. The summed E-state index contributed by atoms with van der Waals surface area (Å²) in [7, 11) is 0. The number of hydrogen-bond acceptors (Lipinski definition) is 3. The van der Waals surface area contributed by atoms with E-state index in [1.807, 2.05) is 18.2 Å². The summed E-state index contributed by atoms with van der Waals surface area (Å²) in [5, 5.41) is 9.27. The van der Waals surface area contributed by atoms with Gasteiger partial charge >= 0.3 is 5.97 Å². The van der Waals surface area contributed by atoms with Gasteiger partial charge in [-0.05, 0) is 29.3 Å². The maximum absolute atomic E-state index is 13.0. The monoisotopic (exact) mass is 308 g/mol. The van der Waals surface area contributed by atoms with E-state index < -0.39 is 11.8 Å². The lowest BCUT2D eigenvalue weighted by molar-refractivity contribution is -0.141. The molecule has 21 heavy (non-hydrogen) atoms. The van der Waals surface area contributed by atoms with Gasteiger partial charge in [-0.3, -0.25) is 0 Å². The number of carbonyl (C=O) groups excluding carboxylic acids is 1. The van der Waals surface area contributed by atoms with Crippen molar-refractivity contribution in [3.8, 4) is 16.9 Å². The van der Waals surface area contributed by atoms with E-state index in [0.717, 1.165) is 16.9 Å². The normalized spacial score (nSPS) is 11.4. The van der Waals surface area contributed by atoms with Crippen LogP contribution in [0.3, 0.4) is 0 Å². The molecule has 0 aromatic heterocycles. The Morgan fingerprint density at radius 3 is 2.33 bits per heavy atom. The molecule has 4 nitrogen and oxygen atoms in total. The summed E-state index contributed by atoms with van der Waals surface area (Å²) < 4.78 is 18.3. The van der Waals surface area contributed by atoms with Gasteiger partial charge in [0.05, 0.1) is 11.6 Å². The third kappa shape index (κ3) is 3.71. The van der Waals surface area contributed by atoms with E-state index in [4.69, 9.17) is 26.2 Å². The van der Waals surface area contributed by atoms with E-state index in [-0.39, 0.29) is 11.6 Å². The lowest BCUT2D eigenvalue weighted by atomic mass is 10.0. The van der Waals surface area contributed by atoms with Crippen molar-refractivity contribution in [3.63, 3.8) is 0 Å². The highest BCUT2D eigenvalue weighted by Crippen LogP contribution is 2.34. The molecule has 0 amide bonds. The summed E-state index contributed by atoms with van der Waals surface area (Å²) in [4.78, 5) is 9.13. The van der Waals surface area contributed by atoms with Gasteiger partial charge in [0.25, 0.3) is 0 Å². The van der Waals surface area contributed by atoms with Crippen molar-refractivity contribution in [2.24, 2.45) is 5.73 Å². The molecule has 1 heterocycles. The topological polar surface area (TPSA) is 72.2 Å². The lowest BCUT2D eigenvalue weighted by Crippen LogP contribution is -2.09. The van der Waals surface area contributed by atoms with Gasteiger partial charge in [0, 0.05) is 5.56 Å². The van der Waals surface area contributed by atoms with Crippen LogP contribution in [-0.2, 0) is 16.5 Å². The zero-order valence-corrected chi connectivity index (χ0v) is 11.7. The number of rotatable bonds is 2. The molecule has 3 rings (SSSR count). The Bertz CT molecular complexity index is 638. The van der Waals surface area contributed by atoms with E-state index in [1.54, 1.807) is 12.1 Å². The second-order valence-corrected chi connectivity index (χ2v) is 4.72. The highest BCUT2D eigenvalue weighted by molar-refractivity contribution is 6.31. The lowest BCUT2D eigenvalue weighted by Gasteiger charge is -2.20. The molecule has 0 atom stereocenters. The van der Waals surface area contributed by atoms with Crippen LogP contribution in [0.2, 0.25) is 5.02 Å². The molecule has 0 bridgehead atoms. The van der Waals surface area contributed by atoms with Gasteiger partial charge in [-0.1, -0.05) is 29.8 Å². The number of halogens is 2. The molecule has 2 aromatic rings. The molecule has 0 saturated carbocycles. The smallest absolute Gasteiger partial charge is 0.368 e. The molecular weight excluding hydrogens is 297 g/mol. The molecule has 0 aliphatic carbocycles. The van der Waals surface area contributed by atoms with Gasteiger partial charge in [-0.2, -0.15) is 0 Å². The first-order valence-corrected chi connectivity index (χ1v) is 6.50. The Morgan fingerprint density at radius 1 is 1.24 bits per heavy atom. The van der Waals surface area contributed by atoms with Crippen LogP contribution in [0.4, 0.5) is 4.39 Å². The summed E-state index contributed by atoms with van der Waals surface area (Å²) >= 11 is 5.74. The first kappa shape index (κ1) is 15.3. The molecule has 0 spiro atoms. The van der Waals surface area contributed by atoms with Gasteiger partial charge in [0.15, 0.2) is 0 Å². The van der Waals surface area contributed by atoms with Gasteiger partial charge in [-0.15, -0.1) is 0 Å². The number of hydrogen-bond donors (Lipinski definition) is 1. The van der Waals surface area contributed by atoms with Crippen LogP contribution < -0.4 is 10.5 Å². The Morgan fingerprint density at radius 2 is 1.86 bits per heavy atom. The van der Waals surface area contributed by atoms with Crippen LogP contribution in [0.25, 0.3) is 11.1 Å². The Kier molecular flexibility index (Phi) is 4.77. The first-order valence-electron chi connectivity index (χ1n) is 6.12. The maximum atomic E-state index is 13.0. The summed E-state index contributed by atoms with van der Waals surface area (Å²) in [6.07, 6.45) is 0. The minimum absolute atomic E-state index is 0.140. The van der Waals surface area contributed by atoms with Crippen molar-refractivity contribution in [2.75, 3.05) is 6.54 Å². The second-order valence-electron chi connectivity index (χ2n) is 4.32. The number of benzene rings is 2. The van der Waals surface area contributed by atoms with E-state index >= 15 is 0 Å². The Balaban J connectivity index is 0.000000282. The van der Waals surface area contributed by atoms with Crippen molar-refractivity contribution >= 4 is 17.6 Å². The van der Waals surface area contributed by atoms with Crippen LogP contribution in [0, 0.1) is 5.82 Å². The van der Waals surface area contributed by atoms with Gasteiger partial charge in [-0.25, -0.2) is 14.3 Å². The van der Waals surface area contributed by atoms with Crippen molar-refractivity contribution in [1.82, 2.24) is 0 Å². The third-order valence-electron chi connectivity index (χ3n) is 2.87. The number of carbonyl (C=O) groups is 1. The van der Waals surface area contributed by atoms with Gasteiger partial charge in [0.1, 0.15) is 18.2 Å². The van der Waals surface area contributed by atoms with Crippen molar-refractivity contribution in [1.29, 1.82) is 0 Å². The van der Waals surface area contributed by atoms with Crippen LogP contribution in [-0.4, -0.2) is 12.5 Å². The predicted octanol–water partition coefficient (Wildman–Crippen LogP) is 2.94. The van der Waals surface area contributed by atoms with Crippen LogP contribution >= 0.6 is 11.6 Å². The fraction of sp³-hybridized carbons (Fsp3) is 0.133. The Hall–Kier alpha value is -2.11. The van der Waals surface area contributed by atoms with Gasteiger partial charge in [0.2, 0.25) is 0 Å². The molecule has 0 unspecified atom stereocenters. The molecule has 109 valence electrons. The quantitative estimate of drug-likeness (QED) is 0.927. The van der Waals surface area contributed by atoms with Crippen LogP contribution in [0.15, 0.2) is 36.4 Å². The Labute approximate surface area is 125 Å². The van der Waals surface area contributed by atoms with Crippen molar-refractivity contribution in [3.05, 3.63) is 52.8 Å². The SMILES string of the molecule is Fc1ccc(-c2ccc3c(c2)OC3)cc1Cl.NCC([O])=O. The standard InChI is InChI=1S/C13H8ClFO.C2H4NO2/c14-11-5-8(3-4-12(11)15)9-1-2-10-7-16-13(10)6-9;3-1-2(4)5/h1-6H,7H2;1,3H2. The van der Waals surface area contributed by atoms with E-state index in [1.165, 1.54) is 11.6 Å². The number of fused-ring (bicyclic) bond motifs is 1. The number of nitrogens with two attached hydrogens (primary N) is 1. The molecule has 1 aliphatic heterocycles. The van der Waals surface area contributed by atoms with E-state index in [0.29, 0.717) is 6.61 Å². The zero-order chi connectivity index (χ0) is 15.4. The molecule has 0 fully saturated rings. The summed E-state index contributed by atoms with van der Waals surface area (Å²) in [5.74, 6) is -0.714. The molecule has 2 aromatic carbocycles. The molecule has 6 heteroatoms. The molecule has 2 N–H and O–H groups in total. The third-order valence-corrected chi connectivity index (χ3v) is 3.16. The van der Waals surface area contributed by atoms with Crippen molar-refractivity contribution in [2.45, 2.75) is 6.61 Å².